The van der Waals surface area contributed by atoms with Gasteiger partial charge in [0.1, 0.15) is 19.0 Å². The van der Waals surface area contributed by atoms with E-state index in [1.54, 1.807) is 13.2 Å². The summed E-state index contributed by atoms with van der Waals surface area (Å²) in [4.78, 5) is 0. The van der Waals surface area contributed by atoms with E-state index in [9.17, 15) is 0 Å². The Balaban J connectivity index is 1.93. The predicted molar refractivity (Wildman–Crippen MR) is 81.5 cm³/mol. The zero-order valence-electron chi connectivity index (χ0n) is 11.6. The van der Waals surface area contributed by atoms with E-state index in [0.29, 0.717) is 24.0 Å². The molecule has 0 bridgehead atoms. The normalized spacial score (nSPS) is 14.6. The molecule has 0 saturated carbocycles. The molecule has 4 nitrogen and oxygen atoms in total. The second-order valence-electron chi connectivity index (χ2n) is 4.77. The Bertz CT molecular complexity index is 660. The highest BCUT2D eigenvalue weighted by molar-refractivity contribution is 6.31. The third kappa shape index (κ3) is 2.77. The molecule has 0 aliphatic carbocycles. The molecular weight excluding hydrogens is 290 g/mol. The second-order valence-corrected chi connectivity index (χ2v) is 5.18. The van der Waals surface area contributed by atoms with Crippen molar-refractivity contribution in [3.05, 3.63) is 52.5 Å². The van der Waals surface area contributed by atoms with Gasteiger partial charge in [0.05, 0.1) is 13.2 Å². The molecule has 1 unspecified atom stereocenters. The molecule has 1 aliphatic rings. The lowest BCUT2D eigenvalue weighted by molar-refractivity contribution is 0.171. The number of halogens is 1. The molecular formula is C16H16ClNO3. The van der Waals surface area contributed by atoms with Crippen LogP contribution in [0.25, 0.3) is 0 Å². The first kappa shape index (κ1) is 14.0. The molecule has 0 saturated heterocycles. The van der Waals surface area contributed by atoms with Gasteiger partial charge in [-0.05, 0) is 35.4 Å². The maximum absolute atomic E-state index is 6.32. The zero-order chi connectivity index (χ0) is 14.8. The largest absolute Gasteiger partial charge is 0.497 e. The molecule has 2 N–H and O–H groups in total. The Labute approximate surface area is 128 Å². The molecule has 110 valence electrons. The summed E-state index contributed by atoms with van der Waals surface area (Å²) in [6.07, 6.45) is 0. The van der Waals surface area contributed by atoms with E-state index in [1.165, 1.54) is 0 Å². The van der Waals surface area contributed by atoms with Crippen molar-refractivity contribution in [2.75, 3.05) is 20.3 Å². The van der Waals surface area contributed by atoms with Crippen LogP contribution in [0.1, 0.15) is 17.2 Å². The van der Waals surface area contributed by atoms with Gasteiger partial charge in [-0.2, -0.15) is 0 Å². The third-order valence-corrected chi connectivity index (χ3v) is 3.80. The Hall–Kier alpha value is -1.91. The molecule has 2 aromatic carbocycles. The zero-order valence-corrected chi connectivity index (χ0v) is 12.4. The summed E-state index contributed by atoms with van der Waals surface area (Å²) in [6.45, 7) is 1.12. The number of nitrogens with two attached hydrogens (primary N) is 1. The lowest BCUT2D eigenvalue weighted by Gasteiger charge is -2.21. The second kappa shape index (κ2) is 5.84. The van der Waals surface area contributed by atoms with Gasteiger partial charge in [0.25, 0.3) is 0 Å². The van der Waals surface area contributed by atoms with Crippen LogP contribution in [0.2, 0.25) is 5.02 Å². The molecule has 2 aromatic rings. The van der Waals surface area contributed by atoms with Crippen LogP contribution in [0.4, 0.5) is 0 Å². The molecule has 0 radical (unpaired) electrons. The fourth-order valence-corrected chi connectivity index (χ4v) is 2.61. The predicted octanol–water partition coefficient (Wildman–Crippen LogP) is 3.17. The standard InChI is InChI=1S/C16H16ClNO3/c1-19-11-3-4-12(13(17)9-11)16(18)10-2-5-14-15(8-10)21-7-6-20-14/h2-5,8-9,16H,6-7,18H2,1H3. The van der Waals surface area contributed by atoms with E-state index < -0.39 is 0 Å². The van der Waals surface area contributed by atoms with Crippen molar-refractivity contribution in [3.63, 3.8) is 0 Å². The third-order valence-electron chi connectivity index (χ3n) is 3.47. The minimum atomic E-state index is -0.334. The van der Waals surface area contributed by atoms with Crippen LogP contribution < -0.4 is 19.9 Å². The number of hydrogen-bond acceptors (Lipinski definition) is 4. The van der Waals surface area contributed by atoms with E-state index in [0.717, 1.165) is 22.6 Å². The first-order valence-corrected chi connectivity index (χ1v) is 7.05. The average molecular weight is 306 g/mol. The topological polar surface area (TPSA) is 53.7 Å². The molecule has 21 heavy (non-hydrogen) atoms. The minimum Gasteiger partial charge on any atom is -0.497 e. The van der Waals surface area contributed by atoms with Crippen molar-refractivity contribution in [1.82, 2.24) is 0 Å². The van der Waals surface area contributed by atoms with Gasteiger partial charge in [0.15, 0.2) is 11.5 Å². The van der Waals surface area contributed by atoms with E-state index in [-0.39, 0.29) is 6.04 Å². The summed E-state index contributed by atoms with van der Waals surface area (Å²) in [5.41, 5.74) is 8.08. The van der Waals surface area contributed by atoms with E-state index in [4.69, 9.17) is 31.5 Å². The highest BCUT2D eigenvalue weighted by Gasteiger charge is 2.17. The number of methoxy groups -OCH3 is 1. The van der Waals surface area contributed by atoms with Crippen LogP contribution in [-0.4, -0.2) is 20.3 Å². The van der Waals surface area contributed by atoms with Crippen LogP contribution in [0.3, 0.4) is 0 Å². The maximum atomic E-state index is 6.32. The van der Waals surface area contributed by atoms with Crippen LogP contribution in [0.15, 0.2) is 36.4 Å². The highest BCUT2D eigenvalue weighted by Crippen LogP contribution is 2.35. The number of ether oxygens (including phenoxy) is 3. The highest BCUT2D eigenvalue weighted by atomic mass is 35.5. The summed E-state index contributed by atoms with van der Waals surface area (Å²) in [7, 11) is 1.60. The van der Waals surface area contributed by atoms with Crippen molar-refractivity contribution < 1.29 is 14.2 Å². The molecule has 0 spiro atoms. The monoisotopic (exact) mass is 305 g/mol. The van der Waals surface area contributed by atoms with Crippen molar-refractivity contribution in [1.29, 1.82) is 0 Å². The van der Waals surface area contributed by atoms with E-state index in [1.807, 2.05) is 30.3 Å². The van der Waals surface area contributed by atoms with Crippen molar-refractivity contribution in [2.45, 2.75) is 6.04 Å². The molecule has 1 heterocycles. The fraction of sp³-hybridized carbons (Fsp3) is 0.250. The summed E-state index contributed by atoms with van der Waals surface area (Å²) in [6, 6.07) is 10.9. The van der Waals surface area contributed by atoms with Gasteiger partial charge >= 0.3 is 0 Å². The van der Waals surface area contributed by atoms with Gasteiger partial charge < -0.3 is 19.9 Å². The fourth-order valence-electron chi connectivity index (χ4n) is 2.32. The molecule has 0 aromatic heterocycles. The number of hydrogen-bond donors (Lipinski definition) is 1. The van der Waals surface area contributed by atoms with Crippen LogP contribution in [0, 0.1) is 0 Å². The smallest absolute Gasteiger partial charge is 0.161 e. The van der Waals surface area contributed by atoms with Gasteiger partial charge in [0, 0.05) is 5.02 Å². The summed E-state index contributed by atoms with van der Waals surface area (Å²) in [5, 5.41) is 0.580. The number of rotatable bonds is 3. The summed E-state index contributed by atoms with van der Waals surface area (Å²) < 4.78 is 16.2. The first-order valence-electron chi connectivity index (χ1n) is 6.67. The lowest BCUT2D eigenvalue weighted by Crippen LogP contribution is -2.17. The van der Waals surface area contributed by atoms with Crippen molar-refractivity contribution in [3.8, 4) is 17.2 Å². The number of benzene rings is 2. The maximum Gasteiger partial charge on any atom is 0.161 e. The minimum absolute atomic E-state index is 0.334. The Morgan fingerprint density at radius 1 is 1.10 bits per heavy atom. The Morgan fingerprint density at radius 2 is 1.86 bits per heavy atom. The van der Waals surface area contributed by atoms with Gasteiger partial charge in [-0.15, -0.1) is 0 Å². The number of fused-ring (bicyclic) bond motifs is 1. The SMILES string of the molecule is COc1ccc(C(N)c2ccc3c(c2)OCCO3)c(Cl)c1. The van der Waals surface area contributed by atoms with Crippen molar-refractivity contribution >= 4 is 11.6 Å². The van der Waals surface area contributed by atoms with Gasteiger partial charge in [0.2, 0.25) is 0 Å². The molecule has 0 amide bonds. The summed E-state index contributed by atoms with van der Waals surface area (Å²) >= 11 is 6.28. The van der Waals surface area contributed by atoms with Gasteiger partial charge in [-0.25, -0.2) is 0 Å². The van der Waals surface area contributed by atoms with Crippen LogP contribution in [-0.2, 0) is 0 Å². The van der Waals surface area contributed by atoms with Gasteiger partial charge in [-0.3, -0.25) is 0 Å². The molecule has 3 rings (SSSR count). The lowest BCUT2D eigenvalue weighted by atomic mass is 9.99. The molecule has 1 atom stereocenters. The molecule has 1 aliphatic heterocycles. The van der Waals surface area contributed by atoms with Crippen LogP contribution in [0.5, 0.6) is 17.2 Å². The molecule has 5 heteroatoms. The Morgan fingerprint density at radius 3 is 2.57 bits per heavy atom. The molecule has 0 fully saturated rings. The van der Waals surface area contributed by atoms with E-state index >= 15 is 0 Å². The average Bonchev–Trinajstić information content (AvgIpc) is 2.53. The van der Waals surface area contributed by atoms with E-state index in [2.05, 4.69) is 0 Å². The first-order chi connectivity index (χ1) is 10.2. The Kier molecular flexibility index (Phi) is 3.90. The van der Waals surface area contributed by atoms with Gasteiger partial charge in [-0.1, -0.05) is 23.7 Å². The quantitative estimate of drug-likeness (QED) is 0.946. The summed E-state index contributed by atoms with van der Waals surface area (Å²) in [5.74, 6) is 2.18. The van der Waals surface area contributed by atoms with Crippen molar-refractivity contribution in [2.24, 2.45) is 5.73 Å². The van der Waals surface area contributed by atoms with Crippen LogP contribution >= 0.6 is 11.6 Å².